The molecule has 2 aromatic heterocycles. The van der Waals surface area contributed by atoms with Crippen LogP contribution in [0, 0.1) is 0 Å². The van der Waals surface area contributed by atoms with Crippen molar-refractivity contribution in [2.45, 2.75) is 24.9 Å². The number of aliphatic hydroxyl groups excluding tert-OH is 1. The van der Waals surface area contributed by atoms with Crippen LogP contribution < -0.4 is 5.73 Å². The quantitative estimate of drug-likeness (QED) is 0.411. The number of ether oxygens (including phenoxy) is 1. The maximum atomic E-state index is 10.0. The highest BCUT2D eigenvalue weighted by Crippen LogP contribution is 2.39. The molecule has 3 heterocycles. The predicted octanol–water partition coefficient (Wildman–Crippen LogP) is -0.717. The molecule has 2 aromatic rings. The molecule has 3 rings (SSSR count). The van der Waals surface area contributed by atoms with E-state index in [4.69, 9.17) is 24.8 Å². The zero-order chi connectivity index (χ0) is 15.9. The number of fused-ring (bicyclic) bond motifs is 1. The molecule has 4 atom stereocenters. The number of imidazole rings is 1. The highest BCUT2D eigenvalue weighted by Gasteiger charge is 2.36. The molecule has 120 valence electrons. The van der Waals surface area contributed by atoms with Crippen molar-refractivity contribution in [2.75, 3.05) is 12.3 Å². The third-order valence-electron chi connectivity index (χ3n) is 3.31. The molecule has 0 radical (unpaired) electrons. The van der Waals surface area contributed by atoms with Gasteiger partial charge >= 0.3 is 6.72 Å². The first-order valence-corrected chi connectivity index (χ1v) is 8.94. The summed E-state index contributed by atoms with van der Waals surface area (Å²) in [6.07, 6.45) is 0.974. The molecule has 22 heavy (non-hydrogen) atoms. The van der Waals surface area contributed by atoms with E-state index >= 15 is 0 Å². The van der Waals surface area contributed by atoms with Gasteiger partial charge in [0.1, 0.15) is 24.2 Å². The van der Waals surface area contributed by atoms with Gasteiger partial charge in [-0.15, -0.1) is 0 Å². The fourth-order valence-corrected chi connectivity index (χ4v) is 2.81. The number of hydrogen-bond donors (Lipinski definition) is 4. The van der Waals surface area contributed by atoms with Gasteiger partial charge in [-0.3, -0.25) is 4.57 Å². The Balaban J connectivity index is 1.78. The predicted molar refractivity (Wildman–Crippen MR) is 78.9 cm³/mol. The van der Waals surface area contributed by atoms with E-state index in [1.54, 1.807) is 4.57 Å². The maximum absolute atomic E-state index is 10.0. The summed E-state index contributed by atoms with van der Waals surface area (Å²) < 4.78 is 12.0. The van der Waals surface area contributed by atoms with E-state index in [1.165, 1.54) is 12.7 Å². The zero-order valence-corrected chi connectivity index (χ0v) is 12.9. The second kappa shape index (κ2) is 5.78. The molecule has 0 amide bonds. The fraction of sp³-hybridized carbons (Fsp3) is 0.500. The van der Waals surface area contributed by atoms with Crippen LogP contribution in [-0.4, -0.2) is 53.2 Å². The number of nitrogens with zero attached hydrogens (tertiary/aromatic N) is 4. The molecular formula is C10H14N5O5PS. The number of rotatable bonds is 4. The van der Waals surface area contributed by atoms with Crippen LogP contribution >= 0.6 is 6.72 Å². The third kappa shape index (κ3) is 3.10. The summed E-state index contributed by atoms with van der Waals surface area (Å²) in [5.74, 6) is 0.253. The van der Waals surface area contributed by atoms with Crippen LogP contribution in [0.5, 0.6) is 0 Å². The Hall–Kier alpha value is -1.20. The van der Waals surface area contributed by atoms with E-state index in [0.717, 1.165) is 0 Å². The summed E-state index contributed by atoms with van der Waals surface area (Å²) in [4.78, 5) is 30.2. The van der Waals surface area contributed by atoms with Gasteiger partial charge in [-0.25, -0.2) is 15.0 Å². The van der Waals surface area contributed by atoms with Gasteiger partial charge < -0.3 is 29.9 Å². The standard InChI is InChI=1S/C10H14N5O5PS/c11-9-8-10(13-3-12-9)15(4-14-8)7-1-5(16)6(20-7)2-19-21(17,18)22/h3-7,16H,1-2H2,(H2,11,12,13)(H2,17,18,22)/t5-,6+,7+/m0/s1/i17+2/t5-,6+,7+,21?. The monoisotopic (exact) mass is 349 g/mol. The van der Waals surface area contributed by atoms with Gasteiger partial charge in [-0.2, -0.15) is 0 Å². The molecule has 0 aliphatic carbocycles. The van der Waals surface area contributed by atoms with E-state index in [0.29, 0.717) is 11.2 Å². The molecule has 0 bridgehead atoms. The van der Waals surface area contributed by atoms with Crippen molar-refractivity contribution in [3.05, 3.63) is 12.7 Å². The van der Waals surface area contributed by atoms with Crippen LogP contribution in [-0.2, 0) is 21.1 Å². The first-order valence-electron chi connectivity index (χ1n) is 6.32. The van der Waals surface area contributed by atoms with Crippen molar-refractivity contribution < 1.29 is 24.2 Å². The Labute approximate surface area is 129 Å². The van der Waals surface area contributed by atoms with Crippen molar-refractivity contribution in [2.24, 2.45) is 0 Å². The Morgan fingerprint density at radius 3 is 3.05 bits per heavy atom. The number of nitrogens with two attached hydrogens (primary N) is 1. The minimum absolute atomic E-state index is 0.217. The molecule has 10 nitrogen and oxygen atoms in total. The average molecular weight is 349 g/mol. The van der Waals surface area contributed by atoms with Crippen molar-refractivity contribution in [1.29, 1.82) is 0 Å². The lowest BCUT2D eigenvalue weighted by Crippen LogP contribution is -2.25. The molecule has 0 aromatic carbocycles. The van der Waals surface area contributed by atoms with E-state index in [1.807, 2.05) is 0 Å². The van der Waals surface area contributed by atoms with Crippen molar-refractivity contribution >= 4 is 35.5 Å². The lowest BCUT2D eigenvalue weighted by Gasteiger charge is -2.17. The molecule has 12 heteroatoms. The third-order valence-corrected chi connectivity index (χ3v) is 4.11. The molecule has 1 aliphatic heterocycles. The first kappa shape index (κ1) is 15.7. The van der Waals surface area contributed by atoms with E-state index < -0.39 is 25.2 Å². The fourth-order valence-electron chi connectivity index (χ4n) is 2.29. The Bertz CT molecular complexity index is 736. The minimum Gasteiger partial charge on any atom is -0.390 e. The van der Waals surface area contributed by atoms with Gasteiger partial charge in [0.15, 0.2) is 11.5 Å². The molecule has 1 aliphatic rings. The Kier molecular flexibility index (Phi) is 4.12. The second-order valence-corrected chi connectivity index (χ2v) is 7.47. The number of aromatic nitrogens is 4. The topological polar surface area (TPSA) is 149 Å². The average Bonchev–Trinajstić information content (AvgIpc) is 3.00. The Morgan fingerprint density at radius 1 is 1.55 bits per heavy atom. The van der Waals surface area contributed by atoms with E-state index in [2.05, 4.69) is 26.8 Å². The number of aliphatic hydroxyl groups is 1. The largest absolute Gasteiger partial charge is 0.390 e. The highest BCUT2D eigenvalue weighted by molar-refractivity contribution is 8.06. The molecular weight excluding hydrogens is 335 g/mol. The summed E-state index contributed by atoms with van der Waals surface area (Å²) in [6, 6.07) is 0. The number of nitrogen functional groups attached to an aromatic ring is 1. The van der Waals surface area contributed by atoms with Gasteiger partial charge in [0.25, 0.3) is 0 Å². The summed E-state index contributed by atoms with van der Waals surface area (Å²) >= 11 is 4.36. The highest BCUT2D eigenvalue weighted by atomic mass is 32.5. The van der Waals surface area contributed by atoms with Crippen molar-refractivity contribution in [3.8, 4) is 0 Å². The van der Waals surface area contributed by atoms with Crippen LogP contribution in [0.2, 0.25) is 0 Å². The number of hydrogen-bond acceptors (Lipinski definition) is 8. The molecule has 1 unspecified atom stereocenters. The van der Waals surface area contributed by atoms with Gasteiger partial charge in [0, 0.05) is 6.42 Å². The van der Waals surface area contributed by atoms with Crippen LogP contribution in [0.4, 0.5) is 5.82 Å². The molecule has 0 saturated carbocycles. The van der Waals surface area contributed by atoms with Gasteiger partial charge in [-0.05, 0) is 11.8 Å². The van der Waals surface area contributed by atoms with Crippen LogP contribution in [0.25, 0.3) is 11.2 Å². The second-order valence-electron chi connectivity index (χ2n) is 4.80. The normalized spacial score (nSPS) is 28.0. The van der Waals surface area contributed by atoms with Gasteiger partial charge in [0.2, 0.25) is 0 Å². The summed E-state index contributed by atoms with van der Waals surface area (Å²) in [5, 5.41) is 10.0. The lowest BCUT2D eigenvalue weighted by atomic mass is 10.2. The maximum Gasteiger partial charge on any atom is 0.321 e. The van der Waals surface area contributed by atoms with Crippen LogP contribution in [0.1, 0.15) is 12.6 Å². The number of anilines is 1. The van der Waals surface area contributed by atoms with Gasteiger partial charge in [0.05, 0.1) is 19.0 Å². The smallest absolute Gasteiger partial charge is 0.321 e. The molecule has 5 N–H and O–H groups in total. The van der Waals surface area contributed by atoms with Crippen LogP contribution in [0.3, 0.4) is 0 Å². The molecule has 0 spiro atoms. The summed E-state index contributed by atoms with van der Waals surface area (Å²) in [5.41, 5.74) is 6.65. The van der Waals surface area contributed by atoms with E-state index in [-0.39, 0.29) is 18.8 Å². The molecule has 1 saturated heterocycles. The molecule has 1 fully saturated rings. The minimum atomic E-state index is -3.78. The summed E-state index contributed by atoms with van der Waals surface area (Å²) in [6.45, 7) is -4.00. The van der Waals surface area contributed by atoms with Gasteiger partial charge in [-0.1, -0.05) is 0 Å². The summed E-state index contributed by atoms with van der Waals surface area (Å²) in [7, 11) is 0. The lowest BCUT2D eigenvalue weighted by molar-refractivity contribution is -0.0399. The van der Waals surface area contributed by atoms with E-state index in [9.17, 15) is 5.11 Å². The Morgan fingerprint density at radius 2 is 2.32 bits per heavy atom. The van der Waals surface area contributed by atoms with Crippen LogP contribution in [0.15, 0.2) is 12.7 Å². The SMILES string of the molecule is Nc1ncnc2c1ncn2[C@H]1C[C@H](O)[C@@H](COP(O)([18OH])=S)O1. The first-order chi connectivity index (χ1) is 10.3. The zero-order valence-electron chi connectivity index (χ0n) is 11.2. The van der Waals surface area contributed by atoms with Crippen molar-refractivity contribution in [3.63, 3.8) is 0 Å². The van der Waals surface area contributed by atoms with Crippen molar-refractivity contribution in [1.82, 2.24) is 19.5 Å².